The van der Waals surface area contributed by atoms with E-state index in [2.05, 4.69) is 18.4 Å². The Balaban J connectivity index is 2.20. The zero-order valence-electron chi connectivity index (χ0n) is 10.0. The van der Waals surface area contributed by atoms with Crippen LogP contribution in [-0.4, -0.2) is 42.3 Å². The lowest BCUT2D eigenvalue weighted by molar-refractivity contribution is -0.146. The molecule has 0 spiro atoms. The lowest BCUT2D eigenvalue weighted by Crippen LogP contribution is -2.48. The fourth-order valence-corrected chi connectivity index (χ4v) is 3.38. The monoisotopic (exact) mass is 255 g/mol. The Hall–Kier alpha value is -0.910. The van der Waals surface area contributed by atoms with E-state index in [1.54, 1.807) is 18.4 Å². The maximum Gasteiger partial charge on any atom is 0.323 e. The molecule has 1 aliphatic rings. The Morgan fingerprint density at radius 2 is 2.53 bits per heavy atom. The van der Waals surface area contributed by atoms with Gasteiger partial charge in [-0.05, 0) is 30.4 Å². The van der Waals surface area contributed by atoms with Crippen molar-refractivity contribution in [2.24, 2.45) is 0 Å². The SMILES string of the molecule is COCC(C(=O)O)N1CCc2sccc2C1C. The van der Waals surface area contributed by atoms with E-state index in [0.717, 1.165) is 13.0 Å². The molecule has 0 aromatic carbocycles. The van der Waals surface area contributed by atoms with Gasteiger partial charge in [-0.1, -0.05) is 0 Å². The summed E-state index contributed by atoms with van der Waals surface area (Å²) in [7, 11) is 1.54. The molecule has 1 N–H and O–H groups in total. The number of methoxy groups -OCH3 is 1. The first kappa shape index (κ1) is 12.5. The van der Waals surface area contributed by atoms with Crippen LogP contribution in [0.15, 0.2) is 11.4 Å². The molecule has 5 heteroatoms. The van der Waals surface area contributed by atoms with Crippen molar-refractivity contribution in [3.63, 3.8) is 0 Å². The molecule has 4 nitrogen and oxygen atoms in total. The Labute approximate surface area is 105 Å². The average molecular weight is 255 g/mol. The minimum atomic E-state index is -0.808. The summed E-state index contributed by atoms with van der Waals surface area (Å²) >= 11 is 1.76. The van der Waals surface area contributed by atoms with Crippen LogP contribution in [0.2, 0.25) is 0 Å². The highest BCUT2D eigenvalue weighted by molar-refractivity contribution is 7.10. The predicted molar refractivity (Wildman–Crippen MR) is 66.4 cm³/mol. The van der Waals surface area contributed by atoms with Gasteiger partial charge in [0.05, 0.1) is 6.61 Å². The number of aliphatic carboxylic acids is 1. The molecule has 2 unspecified atom stereocenters. The number of fused-ring (bicyclic) bond motifs is 1. The molecular formula is C12H17NO3S. The van der Waals surface area contributed by atoms with Gasteiger partial charge >= 0.3 is 5.97 Å². The van der Waals surface area contributed by atoms with Crippen LogP contribution in [0.5, 0.6) is 0 Å². The Bertz CT molecular complexity index is 404. The van der Waals surface area contributed by atoms with Crippen molar-refractivity contribution in [1.29, 1.82) is 0 Å². The van der Waals surface area contributed by atoms with Crippen molar-refractivity contribution >= 4 is 17.3 Å². The zero-order valence-corrected chi connectivity index (χ0v) is 10.9. The van der Waals surface area contributed by atoms with Gasteiger partial charge in [-0.3, -0.25) is 9.69 Å². The van der Waals surface area contributed by atoms with Gasteiger partial charge in [0.2, 0.25) is 0 Å². The number of rotatable bonds is 4. The maximum atomic E-state index is 11.3. The predicted octanol–water partition coefficient (Wildman–Crippen LogP) is 1.77. The second-order valence-electron chi connectivity index (χ2n) is 4.27. The van der Waals surface area contributed by atoms with E-state index in [1.807, 2.05) is 4.90 Å². The number of thiophene rings is 1. The molecule has 1 aliphatic heterocycles. The normalized spacial score (nSPS) is 22.1. The molecule has 0 amide bonds. The number of hydrogen-bond donors (Lipinski definition) is 1. The van der Waals surface area contributed by atoms with Gasteiger partial charge in [-0.15, -0.1) is 11.3 Å². The van der Waals surface area contributed by atoms with Gasteiger partial charge in [0.25, 0.3) is 0 Å². The van der Waals surface area contributed by atoms with Crippen LogP contribution in [0, 0.1) is 0 Å². The van der Waals surface area contributed by atoms with Crippen LogP contribution in [0.3, 0.4) is 0 Å². The molecule has 1 aromatic heterocycles. The molecule has 0 radical (unpaired) electrons. The molecule has 0 bridgehead atoms. The van der Waals surface area contributed by atoms with Gasteiger partial charge in [-0.25, -0.2) is 0 Å². The number of carbonyl (C=O) groups is 1. The molecule has 0 saturated carbocycles. The zero-order chi connectivity index (χ0) is 12.4. The van der Waals surface area contributed by atoms with Crippen LogP contribution in [0.25, 0.3) is 0 Å². The highest BCUT2D eigenvalue weighted by Gasteiger charge is 2.33. The number of hydrogen-bond acceptors (Lipinski definition) is 4. The molecule has 2 rings (SSSR count). The van der Waals surface area contributed by atoms with Gasteiger partial charge in [0.15, 0.2) is 0 Å². The number of nitrogens with zero attached hydrogens (tertiary/aromatic N) is 1. The Morgan fingerprint density at radius 3 is 3.18 bits per heavy atom. The second kappa shape index (κ2) is 5.16. The summed E-state index contributed by atoms with van der Waals surface area (Å²) in [6.07, 6.45) is 0.935. The third-order valence-electron chi connectivity index (χ3n) is 3.33. The fourth-order valence-electron chi connectivity index (χ4n) is 2.42. The number of carboxylic acids is 1. The smallest absolute Gasteiger partial charge is 0.323 e. The number of ether oxygens (including phenoxy) is 1. The maximum absolute atomic E-state index is 11.3. The van der Waals surface area contributed by atoms with Crippen molar-refractivity contribution in [3.05, 3.63) is 21.9 Å². The van der Waals surface area contributed by atoms with E-state index in [9.17, 15) is 9.90 Å². The molecule has 2 heterocycles. The van der Waals surface area contributed by atoms with Gasteiger partial charge in [-0.2, -0.15) is 0 Å². The quantitative estimate of drug-likeness (QED) is 0.890. The largest absolute Gasteiger partial charge is 0.480 e. The van der Waals surface area contributed by atoms with Gasteiger partial charge in [0, 0.05) is 24.6 Å². The summed E-state index contributed by atoms with van der Waals surface area (Å²) in [6, 6.07) is 1.70. The second-order valence-corrected chi connectivity index (χ2v) is 5.27. The van der Waals surface area contributed by atoms with E-state index in [4.69, 9.17) is 4.74 Å². The summed E-state index contributed by atoms with van der Waals surface area (Å²) < 4.78 is 5.02. The third kappa shape index (κ3) is 2.36. The topological polar surface area (TPSA) is 49.8 Å². The van der Waals surface area contributed by atoms with E-state index in [0.29, 0.717) is 0 Å². The van der Waals surface area contributed by atoms with E-state index in [1.165, 1.54) is 10.4 Å². The molecule has 0 saturated heterocycles. The Kier molecular flexibility index (Phi) is 3.81. The van der Waals surface area contributed by atoms with Crippen LogP contribution < -0.4 is 0 Å². The van der Waals surface area contributed by atoms with Gasteiger partial charge < -0.3 is 9.84 Å². The molecule has 0 fully saturated rings. The summed E-state index contributed by atoms with van der Waals surface area (Å²) in [5, 5.41) is 11.3. The first-order valence-electron chi connectivity index (χ1n) is 5.69. The van der Waals surface area contributed by atoms with Crippen molar-refractivity contribution in [2.75, 3.05) is 20.3 Å². The molecular weight excluding hydrogens is 238 g/mol. The average Bonchev–Trinajstić information content (AvgIpc) is 2.76. The van der Waals surface area contributed by atoms with Crippen molar-refractivity contribution in [3.8, 4) is 0 Å². The summed E-state index contributed by atoms with van der Waals surface area (Å²) in [6.45, 7) is 3.09. The first-order valence-corrected chi connectivity index (χ1v) is 6.57. The fraction of sp³-hybridized carbons (Fsp3) is 0.583. The van der Waals surface area contributed by atoms with Crippen LogP contribution >= 0.6 is 11.3 Å². The van der Waals surface area contributed by atoms with Crippen LogP contribution in [-0.2, 0) is 16.0 Å². The van der Waals surface area contributed by atoms with E-state index < -0.39 is 12.0 Å². The number of carboxylic acid groups (broad SMARTS) is 1. The van der Waals surface area contributed by atoms with Crippen molar-refractivity contribution in [1.82, 2.24) is 4.90 Å². The minimum absolute atomic E-state index is 0.154. The highest BCUT2D eigenvalue weighted by atomic mass is 32.1. The van der Waals surface area contributed by atoms with Crippen LogP contribution in [0.1, 0.15) is 23.4 Å². The molecule has 2 atom stereocenters. The first-order chi connectivity index (χ1) is 8.15. The third-order valence-corrected chi connectivity index (χ3v) is 4.33. The Morgan fingerprint density at radius 1 is 1.76 bits per heavy atom. The summed E-state index contributed by atoms with van der Waals surface area (Å²) in [5.41, 5.74) is 1.27. The molecule has 17 heavy (non-hydrogen) atoms. The standard InChI is InChI=1S/C12H17NO3S/c1-8-9-4-6-17-11(9)3-5-13(8)10(7-16-2)12(14)15/h4,6,8,10H,3,5,7H2,1-2H3,(H,14,15). The van der Waals surface area contributed by atoms with Crippen molar-refractivity contribution < 1.29 is 14.6 Å². The van der Waals surface area contributed by atoms with E-state index in [-0.39, 0.29) is 12.6 Å². The van der Waals surface area contributed by atoms with Crippen molar-refractivity contribution in [2.45, 2.75) is 25.4 Å². The minimum Gasteiger partial charge on any atom is -0.480 e. The molecule has 1 aromatic rings. The molecule has 0 aliphatic carbocycles. The van der Waals surface area contributed by atoms with Gasteiger partial charge in [0.1, 0.15) is 6.04 Å². The lowest BCUT2D eigenvalue weighted by atomic mass is 9.99. The van der Waals surface area contributed by atoms with E-state index >= 15 is 0 Å². The van der Waals surface area contributed by atoms with Crippen LogP contribution in [0.4, 0.5) is 0 Å². The summed E-state index contributed by atoms with van der Waals surface area (Å²) in [4.78, 5) is 14.7. The summed E-state index contributed by atoms with van der Waals surface area (Å²) in [5.74, 6) is -0.808. The lowest BCUT2D eigenvalue weighted by Gasteiger charge is -2.37. The molecule has 94 valence electrons. The highest BCUT2D eigenvalue weighted by Crippen LogP contribution is 2.34.